The largest absolute Gasteiger partial charge is 0.336 e. The predicted octanol–water partition coefficient (Wildman–Crippen LogP) is -1.05. The van der Waals surface area contributed by atoms with Crippen molar-refractivity contribution in [2.75, 3.05) is 52.4 Å². The van der Waals surface area contributed by atoms with Gasteiger partial charge in [-0.3, -0.25) is 4.90 Å². The number of rotatable bonds is 8. The summed E-state index contributed by atoms with van der Waals surface area (Å²) in [6.45, 7) is 4.79. The van der Waals surface area contributed by atoms with Crippen LogP contribution >= 0.6 is 0 Å². The highest BCUT2D eigenvalue weighted by Gasteiger charge is 2.17. The Hall–Kier alpha value is -1.83. The first-order valence-corrected chi connectivity index (χ1v) is 5.97. The molecule has 7 heteroatoms. The van der Waals surface area contributed by atoms with E-state index < -0.39 is 0 Å². The molecular formula is C11H18N6O. The smallest absolute Gasteiger partial charge is 0.317 e. The fourth-order valence-electron chi connectivity index (χ4n) is 1.71. The molecule has 18 heavy (non-hydrogen) atoms. The van der Waals surface area contributed by atoms with E-state index in [-0.39, 0.29) is 19.1 Å². The van der Waals surface area contributed by atoms with Gasteiger partial charge in [0.05, 0.1) is 25.2 Å². The number of nitriles is 2. The lowest BCUT2D eigenvalue weighted by molar-refractivity contribution is 0.217. The van der Waals surface area contributed by atoms with Gasteiger partial charge in [-0.2, -0.15) is 10.5 Å². The molecule has 0 atom stereocenters. The lowest BCUT2D eigenvalue weighted by atomic mass is 10.4. The van der Waals surface area contributed by atoms with Gasteiger partial charge in [-0.25, -0.2) is 4.79 Å². The van der Waals surface area contributed by atoms with Crippen molar-refractivity contribution < 1.29 is 4.79 Å². The van der Waals surface area contributed by atoms with Crippen molar-refractivity contribution in [3.63, 3.8) is 0 Å². The van der Waals surface area contributed by atoms with Gasteiger partial charge in [0.25, 0.3) is 0 Å². The van der Waals surface area contributed by atoms with Crippen molar-refractivity contribution >= 4 is 6.03 Å². The molecule has 1 saturated heterocycles. The van der Waals surface area contributed by atoms with E-state index in [2.05, 4.69) is 10.6 Å². The number of nitrogens with one attached hydrogen (secondary N) is 2. The Morgan fingerprint density at radius 1 is 1.33 bits per heavy atom. The van der Waals surface area contributed by atoms with Crippen LogP contribution in [0.2, 0.25) is 0 Å². The van der Waals surface area contributed by atoms with Crippen LogP contribution in [0.3, 0.4) is 0 Å². The van der Waals surface area contributed by atoms with Gasteiger partial charge in [0, 0.05) is 39.3 Å². The fourth-order valence-corrected chi connectivity index (χ4v) is 1.71. The molecule has 0 aromatic rings. The molecule has 2 amide bonds. The van der Waals surface area contributed by atoms with Crippen LogP contribution < -0.4 is 10.6 Å². The van der Waals surface area contributed by atoms with Gasteiger partial charge >= 0.3 is 6.03 Å². The summed E-state index contributed by atoms with van der Waals surface area (Å²) in [4.78, 5) is 14.8. The molecule has 98 valence electrons. The molecule has 1 fully saturated rings. The van der Waals surface area contributed by atoms with E-state index in [4.69, 9.17) is 10.5 Å². The lowest BCUT2D eigenvalue weighted by Gasteiger charge is -2.17. The topological polar surface area (TPSA) is 95.2 Å². The maximum atomic E-state index is 11.2. The molecule has 0 saturated carbocycles. The van der Waals surface area contributed by atoms with Gasteiger partial charge in [-0.15, -0.1) is 0 Å². The number of carbonyl (C=O) groups excluding carboxylic acids is 1. The Kier molecular flexibility index (Phi) is 6.55. The molecule has 1 rings (SSSR count). The maximum Gasteiger partial charge on any atom is 0.317 e. The molecule has 0 radical (unpaired) electrons. The quantitative estimate of drug-likeness (QED) is 0.423. The van der Waals surface area contributed by atoms with Crippen molar-refractivity contribution in [2.24, 2.45) is 0 Å². The molecule has 0 aliphatic carbocycles. The van der Waals surface area contributed by atoms with Crippen molar-refractivity contribution in [1.82, 2.24) is 20.4 Å². The molecule has 0 aromatic carbocycles. The lowest BCUT2D eigenvalue weighted by Crippen LogP contribution is -2.38. The average molecular weight is 250 g/mol. The number of amides is 2. The highest BCUT2D eigenvalue weighted by molar-refractivity contribution is 5.76. The first-order chi connectivity index (χ1) is 8.77. The Labute approximate surface area is 107 Å². The SMILES string of the molecule is N#CCN(CC#N)CCNCCN1CCNC1=O. The van der Waals surface area contributed by atoms with E-state index in [0.717, 1.165) is 19.6 Å². The van der Waals surface area contributed by atoms with Crippen LogP contribution in [0.4, 0.5) is 4.79 Å². The van der Waals surface area contributed by atoms with Gasteiger partial charge < -0.3 is 15.5 Å². The van der Waals surface area contributed by atoms with E-state index >= 15 is 0 Å². The van der Waals surface area contributed by atoms with Crippen LogP contribution in [0.1, 0.15) is 0 Å². The third-order valence-electron chi connectivity index (χ3n) is 2.70. The Balaban J connectivity index is 2.05. The third kappa shape index (κ3) is 5.00. The molecular weight excluding hydrogens is 232 g/mol. The summed E-state index contributed by atoms with van der Waals surface area (Å²) < 4.78 is 0. The molecule has 2 N–H and O–H groups in total. The minimum absolute atomic E-state index is 0.00705. The van der Waals surface area contributed by atoms with E-state index in [9.17, 15) is 4.79 Å². The first-order valence-electron chi connectivity index (χ1n) is 5.97. The highest BCUT2D eigenvalue weighted by Crippen LogP contribution is 1.94. The predicted molar refractivity (Wildman–Crippen MR) is 65.5 cm³/mol. The maximum absolute atomic E-state index is 11.2. The molecule has 7 nitrogen and oxygen atoms in total. The van der Waals surface area contributed by atoms with Gasteiger partial charge in [0.15, 0.2) is 0 Å². The van der Waals surface area contributed by atoms with Crippen molar-refractivity contribution in [3.05, 3.63) is 0 Å². The van der Waals surface area contributed by atoms with Gasteiger partial charge in [-0.1, -0.05) is 0 Å². The van der Waals surface area contributed by atoms with E-state index in [0.29, 0.717) is 19.6 Å². The normalized spacial score (nSPS) is 14.4. The Morgan fingerprint density at radius 2 is 2.06 bits per heavy atom. The number of hydrogen-bond donors (Lipinski definition) is 2. The summed E-state index contributed by atoms with van der Waals surface area (Å²) in [7, 11) is 0. The highest BCUT2D eigenvalue weighted by atomic mass is 16.2. The number of hydrogen-bond acceptors (Lipinski definition) is 5. The zero-order chi connectivity index (χ0) is 13.2. The first kappa shape index (κ1) is 14.2. The fraction of sp³-hybridized carbons (Fsp3) is 0.727. The summed E-state index contributed by atoms with van der Waals surface area (Å²) in [5, 5.41) is 23.1. The zero-order valence-electron chi connectivity index (χ0n) is 10.4. The van der Waals surface area contributed by atoms with Crippen molar-refractivity contribution in [2.45, 2.75) is 0 Å². The zero-order valence-corrected chi connectivity index (χ0v) is 10.4. The molecule has 1 aliphatic rings. The summed E-state index contributed by atoms with van der Waals surface area (Å²) in [5.74, 6) is 0. The van der Waals surface area contributed by atoms with Gasteiger partial charge in [0.2, 0.25) is 0 Å². The van der Waals surface area contributed by atoms with E-state index in [1.54, 1.807) is 9.80 Å². The number of nitrogens with zero attached hydrogens (tertiary/aromatic N) is 4. The van der Waals surface area contributed by atoms with Crippen LogP contribution in [0.5, 0.6) is 0 Å². The van der Waals surface area contributed by atoms with Crippen molar-refractivity contribution in [3.8, 4) is 12.1 Å². The summed E-state index contributed by atoms with van der Waals surface area (Å²) in [5.41, 5.74) is 0. The van der Waals surface area contributed by atoms with Crippen LogP contribution in [-0.2, 0) is 0 Å². The minimum Gasteiger partial charge on any atom is -0.336 e. The second kappa shape index (κ2) is 8.29. The van der Waals surface area contributed by atoms with Crippen LogP contribution in [-0.4, -0.2) is 68.2 Å². The van der Waals surface area contributed by atoms with Crippen molar-refractivity contribution in [1.29, 1.82) is 10.5 Å². The molecule has 1 heterocycles. The molecule has 1 aliphatic heterocycles. The molecule has 0 bridgehead atoms. The summed E-state index contributed by atoms with van der Waals surface area (Å²) in [6.07, 6.45) is 0. The van der Waals surface area contributed by atoms with Crippen LogP contribution in [0.15, 0.2) is 0 Å². The molecule has 0 spiro atoms. The molecule has 0 unspecified atom stereocenters. The number of urea groups is 1. The van der Waals surface area contributed by atoms with E-state index in [1.165, 1.54) is 0 Å². The molecule has 0 aromatic heterocycles. The van der Waals surface area contributed by atoms with E-state index in [1.807, 2.05) is 12.1 Å². The van der Waals surface area contributed by atoms with Gasteiger partial charge in [-0.05, 0) is 0 Å². The summed E-state index contributed by atoms with van der Waals surface area (Å²) in [6, 6.07) is 4.05. The van der Waals surface area contributed by atoms with Crippen LogP contribution in [0.25, 0.3) is 0 Å². The number of carbonyl (C=O) groups is 1. The minimum atomic E-state index is -0.00705. The van der Waals surface area contributed by atoms with Crippen LogP contribution in [0, 0.1) is 22.7 Å². The summed E-state index contributed by atoms with van der Waals surface area (Å²) >= 11 is 0. The Morgan fingerprint density at radius 3 is 2.61 bits per heavy atom. The second-order valence-electron chi connectivity index (χ2n) is 4.00. The average Bonchev–Trinajstić information content (AvgIpc) is 2.75. The second-order valence-corrected chi connectivity index (χ2v) is 4.00. The third-order valence-corrected chi connectivity index (χ3v) is 2.70. The monoisotopic (exact) mass is 250 g/mol. The Bertz CT molecular complexity index is 328. The standard InChI is InChI=1S/C11H18N6O/c12-1-6-16(7-2-13)8-3-14-4-9-17-10-5-15-11(17)18/h14H,3-10H2,(H,15,18). The van der Waals surface area contributed by atoms with Gasteiger partial charge in [0.1, 0.15) is 0 Å².